The summed E-state index contributed by atoms with van der Waals surface area (Å²) in [6, 6.07) is 5.98. The van der Waals surface area contributed by atoms with Crippen molar-refractivity contribution in [1.82, 2.24) is 0 Å². The Bertz CT molecular complexity index is 566. The number of rotatable bonds is 1. The lowest BCUT2D eigenvalue weighted by Crippen LogP contribution is -2.08. The maximum absolute atomic E-state index is 12.5. The van der Waals surface area contributed by atoms with Crippen LogP contribution in [-0.2, 0) is 0 Å². The van der Waals surface area contributed by atoms with E-state index in [0.717, 1.165) is 20.3 Å². The molecule has 2 rings (SSSR count). The van der Waals surface area contributed by atoms with Crippen molar-refractivity contribution in [3.63, 3.8) is 0 Å². The standard InChI is InChI=1S/C13H9F3I2/c1-8-2-4-10(11(17)6-8)9-3-5-12(18-7-9)13(14,15)16/h2-7H,1H3. The second-order valence-electron chi connectivity index (χ2n) is 3.84. The summed E-state index contributed by atoms with van der Waals surface area (Å²) in [6.07, 6.45) is -1.39. The first-order valence-corrected chi connectivity index (χ1v) is 8.50. The van der Waals surface area contributed by atoms with Crippen LogP contribution in [0.5, 0.6) is 0 Å². The normalized spacial score (nSPS) is 15.8. The van der Waals surface area contributed by atoms with E-state index in [4.69, 9.17) is 0 Å². The summed E-state index contributed by atoms with van der Waals surface area (Å²) in [6.45, 7) is 2.00. The Labute approximate surface area is 127 Å². The molecule has 1 heterocycles. The van der Waals surface area contributed by atoms with Crippen LogP contribution < -0.4 is 0 Å². The molecule has 1 aromatic rings. The summed E-state index contributed by atoms with van der Waals surface area (Å²) in [4.78, 5) is 0. The number of allylic oxidation sites excluding steroid dienone is 4. The zero-order chi connectivity index (χ0) is 13.3. The lowest BCUT2D eigenvalue weighted by molar-refractivity contribution is -0.0817. The molecule has 0 bridgehead atoms. The maximum Gasteiger partial charge on any atom is 0.421 e. The smallest absolute Gasteiger partial charge is 0.166 e. The van der Waals surface area contributed by atoms with E-state index in [1.54, 1.807) is 10.1 Å². The molecule has 0 spiro atoms. The van der Waals surface area contributed by atoms with Gasteiger partial charge in [-0.2, -0.15) is 13.2 Å². The van der Waals surface area contributed by atoms with Crippen LogP contribution in [0.15, 0.2) is 33.9 Å². The minimum Gasteiger partial charge on any atom is -0.166 e. The lowest BCUT2D eigenvalue weighted by Gasteiger charge is -2.12. The molecule has 5 heteroatoms. The fourth-order valence-corrected chi connectivity index (χ4v) is 4.45. The van der Waals surface area contributed by atoms with Crippen molar-refractivity contribution in [1.29, 1.82) is 0 Å². The topological polar surface area (TPSA) is 0 Å². The molecular formula is C13H9F3I2. The average molecular weight is 476 g/mol. The quantitative estimate of drug-likeness (QED) is 0.489. The fourth-order valence-electron chi connectivity index (χ4n) is 1.51. The fraction of sp³-hybridized carbons (Fsp3) is 0.154. The van der Waals surface area contributed by atoms with E-state index in [2.05, 4.69) is 22.6 Å². The van der Waals surface area contributed by atoms with Gasteiger partial charge in [-0.05, 0) is 56.8 Å². The Morgan fingerprint density at radius 2 is 1.89 bits per heavy atom. The number of hydrogen-bond acceptors (Lipinski definition) is 0. The monoisotopic (exact) mass is 476 g/mol. The summed E-state index contributed by atoms with van der Waals surface area (Å²) in [5, 5.41) is 0. The number of alkyl halides is 3. The summed E-state index contributed by atoms with van der Waals surface area (Å²) in [5.74, 6) is 0. The highest BCUT2D eigenvalue weighted by Gasteiger charge is 2.32. The number of hydrogen-bond donors (Lipinski definition) is 0. The molecule has 1 aromatic carbocycles. The Morgan fingerprint density at radius 1 is 1.17 bits per heavy atom. The van der Waals surface area contributed by atoms with Crippen molar-refractivity contribution in [3.05, 3.63) is 48.6 Å². The predicted molar refractivity (Wildman–Crippen MR) is 86.1 cm³/mol. The number of aryl methyl sites for hydroxylation is 1. The maximum atomic E-state index is 12.5. The van der Waals surface area contributed by atoms with E-state index < -0.39 is 26.9 Å². The zero-order valence-corrected chi connectivity index (χ0v) is 13.7. The molecule has 0 saturated carbocycles. The molecule has 0 saturated heterocycles. The Morgan fingerprint density at radius 3 is 2.39 bits per heavy atom. The van der Waals surface area contributed by atoms with Gasteiger partial charge in [0, 0.05) is 3.57 Å². The molecule has 0 fully saturated rings. The first kappa shape index (κ1) is 14.2. The van der Waals surface area contributed by atoms with Gasteiger partial charge in [0.25, 0.3) is 0 Å². The van der Waals surface area contributed by atoms with Crippen molar-refractivity contribution >= 4 is 52.9 Å². The molecule has 0 aromatic heterocycles. The first-order chi connectivity index (χ1) is 8.38. The van der Waals surface area contributed by atoms with Gasteiger partial charge in [-0.3, -0.25) is 0 Å². The van der Waals surface area contributed by atoms with Gasteiger partial charge in [0.2, 0.25) is 0 Å². The molecule has 96 valence electrons. The molecule has 0 amide bonds. The summed E-state index contributed by atoms with van der Waals surface area (Å²) in [5.41, 5.74) is 3.07. The third-order valence-electron chi connectivity index (χ3n) is 2.41. The van der Waals surface area contributed by atoms with E-state index in [1.165, 1.54) is 6.08 Å². The zero-order valence-electron chi connectivity index (χ0n) is 9.35. The van der Waals surface area contributed by atoms with Crippen LogP contribution in [0.4, 0.5) is 13.2 Å². The van der Waals surface area contributed by atoms with Gasteiger partial charge in [-0.25, -0.2) is 0 Å². The molecule has 1 aliphatic rings. The third-order valence-corrected chi connectivity index (χ3v) is 5.92. The summed E-state index contributed by atoms with van der Waals surface area (Å²) < 4.78 is 40.0. The Kier molecular flexibility index (Phi) is 4.30. The van der Waals surface area contributed by atoms with E-state index >= 15 is 0 Å². The largest absolute Gasteiger partial charge is 0.421 e. The SMILES string of the molecule is Cc1ccc(C2=CC=C(C(F)(F)F)I=C2)c(I)c1. The minimum atomic E-state index is -4.17. The van der Waals surface area contributed by atoms with Crippen LogP contribution >= 0.6 is 43.3 Å². The van der Waals surface area contributed by atoms with Gasteiger partial charge >= 0.3 is 6.18 Å². The van der Waals surface area contributed by atoms with Gasteiger partial charge in [0.1, 0.15) is 0 Å². The van der Waals surface area contributed by atoms with Crippen molar-refractivity contribution in [2.24, 2.45) is 0 Å². The Hall–Kier alpha value is -0.180. The van der Waals surface area contributed by atoms with Gasteiger partial charge in [-0.1, -0.05) is 44.5 Å². The molecule has 18 heavy (non-hydrogen) atoms. The van der Waals surface area contributed by atoms with E-state index in [9.17, 15) is 13.2 Å². The van der Waals surface area contributed by atoms with Crippen molar-refractivity contribution in [2.45, 2.75) is 13.1 Å². The van der Waals surface area contributed by atoms with E-state index in [1.807, 2.05) is 25.1 Å². The first-order valence-electron chi connectivity index (χ1n) is 5.10. The van der Waals surface area contributed by atoms with Crippen LogP contribution in [0.1, 0.15) is 11.1 Å². The number of halogens is 5. The van der Waals surface area contributed by atoms with Gasteiger partial charge in [0.15, 0.2) is 0 Å². The van der Waals surface area contributed by atoms with Crippen molar-refractivity contribution in [2.75, 3.05) is 0 Å². The molecule has 0 radical (unpaired) electrons. The van der Waals surface area contributed by atoms with Gasteiger partial charge in [-0.15, -0.1) is 0 Å². The summed E-state index contributed by atoms with van der Waals surface area (Å²) in [7, 11) is 0. The molecule has 0 unspecified atom stereocenters. The minimum absolute atomic E-state index is 0.382. The highest BCUT2D eigenvalue weighted by molar-refractivity contribution is 14.2. The van der Waals surface area contributed by atoms with E-state index in [-0.39, 0.29) is 3.58 Å². The van der Waals surface area contributed by atoms with Crippen LogP contribution in [0.3, 0.4) is 0 Å². The predicted octanol–water partition coefficient (Wildman–Crippen LogP) is 5.22. The van der Waals surface area contributed by atoms with Crippen LogP contribution in [0, 0.1) is 10.5 Å². The molecule has 0 nitrogen and oxygen atoms in total. The highest BCUT2D eigenvalue weighted by Crippen LogP contribution is 2.38. The van der Waals surface area contributed by atoms with Crippen LogP contribution in [-0.4, -0.2) is 10.2 Å². The van der Waals surface area contributed by atoms with Crippen LogP contribution in [0.2, 0.25) is 0 Å². The van der Waals surface area contributed by atoms with Crippen molar-refractivity contribution < 1.29 is 13.2 Å². The second-order valence-corrected chi connectivity index (χ2v) is 7.41. The van der Waals surface area contributed by atoms with E-state index in [0.29, 0.717) is 0 Å². The van der Waals surface area contributed by atoms with Crippen molar-refractivity contribution in [3.8, 4) is 0 Å². The van der Waals surface area contributed by atoms with Gasteiger partial charge < -0.3 is 0 Å². The average Bonchev–Trinajstić information content (AvgIpc) is 2.28. The lowest BCUT2D eigenvalue weighted by atomic mass is 10.1. The van der Waals surface area contributed by atoms with Gasteiger partial charge in [0.05, 0.1) is 3.58 Å². The molecule has 0 aliphatic carbocycles. The molecule has 1 aliphatic heterocycles. The van der Waals surface area contributed by atoms with Crippen LogP contribution in [0.25, 0.3) is 5.57 Å². The summed E-state index contributed by atoms with van der Waals surface area (Å²) >= 11 is 1.13. The number of benzene rings is 1. The molecular weight excluding hydrogens is 467 g/mol. The Balaban J connectivity index is 2.36. The molecule has 0 atom stereocenters. The second kappa shape index (κ2) is 5.44. The molecule has 0 N–H and O–H groups in total. The third kappa shape index (κ3) is 3.23. The highest BCUT2D eigenvalue weighted by atomic mass is 127.